The lowest BCUT2D eigenvalue weighted by Gasteiger charge is -2.20. The van der Waals surface area contributed by atoms with Gasteiger partial charge in [-0.15, -0.1) is 0 Å². The summed E-state index contributed by atoms with van der Waals surface area (Å²) in [7, 11) is 0. The summed E-state index contributed by atoms with van der Waals surface area (Å²) in [6.45, 7) is 0. The van der Waals surface area contributed by atoms with Crippen molar-refractivity contribution in [3.63, 3.8) is 0 Å². The Balaban J connectivity index is 2.08. The molecular formula is C17H12FN5. The number of nitrogen functional groups attached to an aromatic ring is 1. The summed E-state index contributed by atoms with van der Waals surface area (Å²) in [4.78, 5) is 4.41. The van der Waals surface area contributed by atoms with Gasteiger partial charge in [0.2, 0.25) is 0 Å². The topological polar surface area (TPSA) is 91.4 Å². The molecule has 4 rings (SSSR count). The van der Waals surface area contributed by atoms with E-state index < -0.39 is 0 Å². The first-order valence-corrected chi connectivity index (χ1v) is 7.20. The Morgan fingerprint density at radius 1 is 1.30 bits per heavy atom. The van der Waals surface area contributed by atoms with Gasteiger partial charge in [-0.2, -0.15) is 10.4 Å². The first kappa shape index (κ1) is 13.5. The van der Waals surface area contributed by atoms with E-state index in [2.05, 4.69) is 21.3 Å². The van der Waals surface area contributed by atoms with Crippen LogP contribution in [0.4, 0.5) is 10.2 Å². The van der Waals surface area contributed by atoms with Crippen molar-refractivity contribution < 1.29 is 4.39 Å². The Labute approximate surface area is 131 Å². The highest BCUT2D eigenvalue weighted by Gasteiger charge is 2.26. The van der Waals surface area contributed by atoms with Crippen molar-refractivity contribution in [1.82, 2.24) is 15.2 Å². The van der Waals surface area contributed by atoms with Crippen LogP contribution in [-0.2, 0) is 12.8 Å². The van der Waals surface area contributed by atoms with Crippen LogP contribution in [0.2, 0.25) is 0 Å². The molecule has 0 atom stereocenters. The van der Waals surface area contributed by atoms with E-state index in [0.717, 1.165) is 28.9 Å². The molecule has 1 aromatic carbocycles. The average Bonchev–Trinajstić information content (AvgIpc) is 3.02. The van der Waals surface area contributed by atoms with Crippen molar-refractivity contribution in [2.75, 3.05) is 5.73 Å². The van der Waals surface area contributed by atoms with E-state index in [9.17, 15) is 9.65 Å². The van der Waals surface area contributed by atoms with E-state index in [4.69, 9.17) is 5.73 Å². The summed E-state index contributed by atoms with van der Waals surface area (Å²) < 4.78 is 13.7. The number of nitrogens with one attached hydrogen (secondary N) is 1. The van der Waals surface area contributed by atoms with Gasteiger partial charge in [-0.3, -0.25) is 5.10 Å². The molecule has 1 aliphatic rings. The molecular weight excluding hydrogens is 293 g/mol. The number of aromatic nitrogens is 3. The first-order chi connectivity index (χ1) is 11.2. The normalized spacial score (nSPS) is 12.3. The SMILES string of the molecule is N#Cc1c(N)nc2c(c1-c1cccc(F)c1)CCc1n[nH]cc1-2. The van der Waals surface area contributed by atoms with Crippen LogP contribution in [0.15, 0.2) is 30.5 Å². The Bertz CT molecular complexity index is 968. The van der Waals surface area contributed by atoms with Gasteiger partial charge in [0, 0.05) is 17.3 Å². The minimum Gasteiger partial charge on any atom is -0.383 e. The van der Waals surface area contributed by atoms with Crippen molar-refractivity contribution >= 4 is 5.82 Å². The molecule has 0 saturated carbocycles. The predicted molar refractivity (Wildman–Crippen MR) is 83.7 cm³/mol. The zero-order chi connectivity index (χ0) is 16.0. The summed E-state index contributed by atoms with van der Waals surface area (Å²) in [6, 6.07) is 8.32. The number of nitrogens with zero attached hydrogens (tertiary/aromatic N) is 3. The second kappa shape index (κ2) is 4.92. The molecule has 1 aliphatic carbocycles. The molecule has 112 valence electrons. The molecule has 0 unspecified atom stereocenters. The minimum absolute atomic E-state index is 0.152. The van der Waals surface area contributed by atoms with Crippen LogP contribution in [0.5, 0.6) is 0 Å². The molecule has 0 radical (unpaired) electrons. The third kappa shape index (κ3) is 1.98. The van der Waals surface area contributed by atoms with E-state index >= 15 is 0 Å². The molecule has 3 aromatic rings. The molecule has 2 aromatic heterocycles. The van der Waals surface area contributed by atoms with Gasteiger partial charge in [-0.05, 0) is 36.1 Å². The van der Waals surface area contributed by atoms with Crippen LogP contribution in [0.3, 0.4) is 0 Å². The van der Waals surface area contributed by atoms with Gasteiger partial charge in [-0.25, -0.2) is 9.37 Å². The number of aryl methyl sites for hydroxylation is 1. The van der Waals surface area contributed by atoms with Crippen molar-refractivity contribution in [3.8, 4) is 28.5 Å². The second-order valence-electron chi connectivity index (χ2n) is 5.44. The molecule has 3 N–H and O–H groups in total. The minimum atomic E-state index is -0.352. The Morgan fingerprint density at radius 2 is 2.17 bits per heavy atom. The van der Waals surface area contributed by atoms with Gasteiger partial charge in [-0.1, -0.05) is 12.1 Å². The summed E-state index contributed by atoms with van der Waals surface area (Å²) >= 11 is 0. The van der Waals surface area contributed by atoms with Crippen LogP contribution < -0.4 is 5.73 Å². The van der Waals surface area contributed by atoms with Gasteiger partial charge in [0.05, 0.1) is 11.4 Å². The molecule has 0 amide bonds. The van der Waals surface area contributed by atoms with Crippen LogP contribution in [0, 0.1) is 17.1 Å². The van der Waals surface area contributed by atoms with Crippen molar-refractivity contribution in [3.05, 3.63) is 53.1 Å². The molecule has 0 spiro atoms. The van der Waals surface area contributed by atoms with Crippen LogP contribution in [-0.4, -0.2) is 15.2 Å². The number of nitrogens with two attached hydrogens (primary N) is 1. The molecule has 0 aliphatic heterocycles. The molecule has 0 fully saturated rings. The van der Waals surface area contributed by atoms with Gasteiger partial charge >= 0.3 is 0 Å². The molecule has 23 heavy (non-hydrogen) atoms. The van der Waals surface area contributed by atoms with Gasteiger partial charge < -0.3 is 5.73 Å². The standard InChI is InChI=1S/C17H12FN5/c18-10-3-1-2-9(6-10)15-11-4-5-14-13(8-21-23-14)16(11)22-17(20)12(15)7-19/h1-3,6,8H,4-5H2,(H2,20,22)(H,21,23). The van der Waals surface area contributed by atoms with Crippen molar-refractivity contribution in [2.45, 2.75) is 12.8 Å². The van der Waals surface area contributed by atoms with Gasteiger partial charge in [0.1, 0.15) is 23.3 Å². The van der Waals surface area contributed by atoms with Crippen molar-refractivity contribution in [2.24, 2.45) is 0 Å². The van der Waals surface area contributed by atoms with E-state index in [0.29, 0.717) is 23.1 Å². The van der Waals surface area contributed by atoms with Crippen LogP contribution in [0.1, 0.15) is 16.8 Å². The third-order valence-corrected chi connectivity index (χ3v) is 4.14. The number of pyridine rings is 1. The molecule has 0 saturated heterocycles. The summed E-state index contributed by atoms with van der Waals surface area (Å²) in [5.74, 6) is -0.199. The zero-order valence-corrected chi connectivity index (χ0v) is 12.1. The van der Waals surface area contributed by atoms with E-state index in [1.54, 1.807) is 18.3 Å². The van der Waals surface area contributed by atoms with E-state index in [-0.39, 0.29) is 11.6 Å². The number of anilines is 1. The maximum absolute atomic E-state index is 13.7. The van der Waals surface area contributed by atoms with Crippen LogP contribution >= 0.6 is 0 Å². The zero-order valence-electron chi connectivity index (χ0n) is 12.1. The fourth-order valence-electron chi connectivity index (χ4n) is 3.14. The van der Waals surface area contributed by atoms with E-state index in [1.807, 2.05) is 0 Å². The number of aromatic amines is 1. The number of fused-ring (bicyclic) bond motifs is 3. The number of nitriles is 1. The summed E-state index contributed by atoms with van der Waals surface area (Å²) in [6.07, 6.45) is 3.20. The maximum atomic E-state index is 13.7. The Kier molecular flexibility index (Phi) is 2.88. The number of rotatable bonds is 1. The number of H-pyrrole nitrogens is 1. The number of hydrogen-bond donors (Lipinski definition) is 2. The van der Waals surface area contributed by atoms with Crippen LogP contribution in [0.25, 0.3) is 22.4 Å². The molecule has 6 heteroatoms. The van der Waals surface area contributed by atoms with Gasteiger partial charge in [0.25, 0.3) is 0 Å². The van der Waals surface area contributed by atoms with Crippen molar-refractivity contribution in [1.29, 1.82) is 5.26 Å². The quantitative estimate of drug-likeness (QED) is 0.723. The highest BCUT2D eigenvalue weighted by atomic mass is 19.1. The highest BCUT2D eigenvalue weighted by molar-refractivity contribution is 5.85. The van der Waals surface area contributed by atoms with E-state index in [1.165, 1.54) is 12.1 Å². The number of halogens is 1. The monoisotopic (exact) mass is 305 g/mol. The first-order valence-electron chi connectivity index (χ1n) is 7.20. The fraction of sp³-hybridized carbons (Fsp3) is 0.118. The summed E-state index contributed by atoms with van der Waals surface area (Å²) in [5.41, 5.74) is 11.0. The third-order valence-electron chi connectivity index (χ3n) is 4.14. The molecule has 0 bridgehead atoms. The fourth-order valence-corrected chi connectivity index (χ4v) is 3.14. The maximum Gasteiger partial charge on any atom is 0.142 e. The number of benzene rings is 1. The predicted octanol–water partition coefficient (Wildman–Crippen LogP) is 2.83. The second-order valence-corrected chi connectivity index (χ2v) is 5.44. The highest BCUT2D eigenvalue weighted by Crippen LogP contribution is 2.40. The lowest BCUT2D eigenvalue weighted by molar-refractivity contribution is 0.628. The molecule has 2 heterocycles. The number of hydrogen-bond acceptors (Lipinski definition) is 4. The smallest absolute Gasteiger partial charge is 0.142 e. The average molecular weight is 305 g/mol. The summed E-state index contributed by atoms with van der Waals surface area (Å²) in [5, 5.41) is 16.6. The largest absolute Gasteiger partial charge is 0.383 e. The molecule has 5 nitrogen and oxygen atoms in total. The Morgan fingerprint density at radius 3 is 2.96 bits per heavy atom. The Hall–Kier alpha value is -3.20. The lowest BCUT2D eigenvalue weighted by atomic mass is 9.86. The lowest BCUT2D eigenvalue weighted by Crippen LogP contribution is -2.11. The van der Waals surface area contributed by atoms with Gasteiger partial charge in [0.15, 0.2) is 0 Å².